The van der Waals surface area contributed by atoms with E-state index in [0.717, 1.165) is 42.1 Å². The summed E-state index contributed by atoms with van der Waals surface area (Å²) >= 11 is 6.26. The number of nitrogens with zero attached hydrogens (tertiary/aromatic N) is 3. The molecule has 0 aliphatic heterocycles. The first-order valence-corrected chi connectivity index (χ1v) is 11.6. The lowest BCUT2D eigenvalue weighted by Crippen LogP contribution is -2.40. The van der Waals surface area contributed by atoms with E-state index in [-0.39, 0.29) is 6.03 Å². The molecule has 3 aromatic rings. The molecular formula is C25H29ClN4O3. The number of ether oxygens (including phenoxy) is 2. The molecule has 1 N–H and O–H groups in total. The van der Waals surface area contributed by atoms with Crippen molar-refractivity contribution in [3.8, 4) is 23.1 Å². The highest BCUT2D eigenvalue weighted by molar-refractivity contribution is 6.30. The van der Waals surface area contributed by atoms with Gasteiger partial charge in [-0.2, -0.15) is 5.10 Å². The molecule has 1 aliphatic carbocycles. The van der Waals surface area contributed by atoms with E-state index < -0.39 is 0 Å². The average molecular weight is 469 g/mol. The van der Waals surface area contributed by atoms with E-state index in [1.54, 1.807) is 11.8 Å². The maximum absolute atomic E-state index is 12.8. The Balaban J connectivity index is 1.73. The van der Waals surface area contributed by atoms with Crippen LogP contribution in [0.4, 0.5) is 4.79 Å². The number of aryl methyl sites for hydroxylation is 1. The minimum Gasteiger partial charge on any atom is -0.497 e. The first kappa shape index (κ1) is 23.0. The van der Waals surface area contributed by atoms with Gasteiger partial charge in [0.15, 0.2) is 0 Å². The Kier molecular flexibility index (Phi) is 7.08. The Bertz CT molecular complexity index is 1110. The Hall–Kier alpha value is -3.19. The Morgan fingerprint density at radius 2 is 1.94 bits per heavy atom. The molecular weight excluding hydrogens is 440 g/mol. The van der Waals surface area contributed by atoms with Gasteiger partial charge in [0.25, 0.3) is 0 Å². The van der Waals surface area contributed by atoms with Crippen LogP contribution in [0.2, 0.25) is 5.02 Å². The van der Waals surface area contributed by atoms with Gasteiger partial charge in [-0.1, -0.05) is 17.7 Å². The van der Waals surface area contributed by atoms with E-state index in [2.05, 4.69) is 5.32 Å². The molecule has 0 saturated heterocycles. The molecule has 0 bridgehead atoms. The summed E-state index contributed by atoms with van der Waals surface area (Å²) in [7, 11) is 1.63. The fourth-order valence-electron chi connectivity index (χ4n) is 3.65. The normalized spacial score (nSPS) is 13.0. The van der Waals surface area contributed by atoms with Crippen LogP contribution in [-0.4, -0.2) is 40.9 Å². The zero-order chi connectivity index (χ0) is 23.4. The smallest absolute Gasteiger partial charge is 0.317 e. The van der Waals surface area contributed by atoms with Crippen molar-refractivity contribution in [3.63, 3.8) is 0 Å². The van der Waals surface area contributed by atoms with E-state index in [1.165, 1.54) is 0 Å². The summed E-state index contributed by atoms with van der Waals surface area (Å²) in [5, 5.41) is 8.30. The maximum atomic E-state index is 12.8. The van der Waals surface area contributed by atoms with E-state index in [9.17, 15) is 4.79 Å². The first-order valence-electron chi connectivity index (χ1n) is 11.2. The summed E-state index contributed by atoms with van der Waals surface area (Å²) in [6.45, 7) is 5.56. The van der Waals surface area contributed by atoms with Gasteiger partial charge in [-0.15, -0.1) is 0 Å². The summed E-state index contributed by atoms with van der Waals surface area (Å²) in [6.07, 6.45) is 2.32. The van der Waals surface area contributed by atoms with Crippen molar-refractivity contribution >= 4 is 17.6 Å². The third-order valence-corrected chi connectivity index (χ3v) is 5.84. The molecule has 1 fully saturated rings. The standard InChI is InChI=1S/C25H29ClN4O3/c1-4-27-25(31)29(15-18-8-9-18)16-23-17(2)28-30(20-7-5-6-19(26)14-20)24(23)33-22-12-10-21(32-3)11-13-22/h5-7,10-14,18H,4,8-9,15-16H2,1-3H3,(H,27,31). The SMILES string of the molecule is CCNC(=O)N(Cc1c(C)nn(-c2cccc(Cl)c2)c1Oc1ccc(OC)cc1)CC1CC1. The van der Waals surface area contributed by atoms with Gasteiger partial charge in [-0.3, -0.25) is 0 Å². The van der Waals surface area contributed by atoms with Gasteiger partial charge in [-0.25, -0.2) is 9.48 Å². The number of rotatable bonds is 9. The molecule has 4 rings (SSSR count). The van der Waals surface area contributed by atoms with Crippen LogP contribution in [-0.2, 0) is 6.54 Å². The van der Waals surface area contributed by atoms with E-state index in [4.69, 9.17) is 26.2 Å². The number of aromatic nitrogens is 2. The van der Waals surface area contributed by atoms with Crippen LogP contribution >= 0.6 is 11.6 Å². The van der Waals surface area contributed by atoms with Gasteiger partial charge in [0.1, 0.15) is 11.5 Å². The lowest BCUT2D eigenvalue weighted by atomic mass is 10.2. The summed E-state index contributed by atoms with van der Waals surface area (Å²) in [6, 6.07) is 14.8. The summed E-state index contributed by atoms with van der Waals surface area (Å²) in [4.78, 5) is 14.7. The van der Waals surface area contributed by atoms with Crippen LogP contribution in [0.1, 0.15) is 31.0 Å². The van der Waals surface area contributed by atoms with E-state index in [1.807, 2.05) is 67.3 Å². The molecule has 2 amide bonds. The number of nitrogens with one attached hydrogen (secondary N) is 1. The Labute approximate surface area is 199 Å². The predicted octanol–water partition coefficient (Wildman–Crippen LogP) is 5.58. The zero-order valence-corrected chi connectivity index (χ0v) is 19.9. The second-order valence-electron chi connectivity index (χ2n) is 8.20. The molecule has 1 saturated carbocycles. The van der Waals surface area contributed by atoms with Crippen LogP contribution in [0.5, 0.6) is 17.4 Å². The third-order valence-electron chi connectivity index (χ3n) is 5.60. The largest absolute Gasteiger partial charge is 0.497 e. The highest BCUT2D eigenvalue weighted by Gasteiger charge is 2.29. The number of amides is 2. The van der Waals surface area contributed by atoms with Gasteiger partial charge in [0.05, 0.1) is 30.6 Å². The van der Waals surface area contributed by atoms with Crippen molar-refractivity contribution < 1.29 is 14.3 Å². The Morgan fingerprint density at radius 3 is 2.58 bits per heavy atom. The molecule has 0 spiro atoms. The molecule has 8 heteroatoms. The van der Waals surface area contributed by atoms with Crippen molar-refractivity contribution in [2.45, 2.75) is 33.2 Å². The summed E-state index contributed by atoms with van der Waals surface area (Å²) in [5.74, 6) is 2.51. The van der Waals surface area contributed by atoms with Crippen molar-refractivity contribution in [2.24, 2.45) is 5.92 Å². The predicted molar refractivity (Wildman–Crippen MR) is 129 cm³/mol. The topological polar surface area (TPSA) is 68.6 Å². The molecule has 33 heavy (non-hydrogen) atoms. The number of halogens is 1. The lowest BCUT2D eigenvalue weighted by molar-refractivity contribution is 0.192. The monoisotopic (exact) mass is 468 g/mol. The third kappa shape index (κ3) is 5.60. The van der Waals surface area contributed by atoms with Crippen molar-refractivity contribution in [1.82, 2.24) is 20.0 Å². The van der Waals surface area contributed by atoms with Crippen LogP contribution in [0, 0.1) is 12.8 Å². The number of methoxy groups -OCH3 is 1. The average Bonchev–Trinajstić information content (AvgIpc) is 3.58. The highest BCUT2D eigenvalue weighted by Crippen LogP contribution is 2.35. The summed E-state index contributed by atoms with van der Waals surface area (Å²) in [5.41, 5.74) is 2.44. The molecule has 0 unspecified atom stereocenters. The number of carbonyl (C=O) groups excluding carboxylic acids is 1. The fraction of sp³-hybridized carbons (Fsp3) is 0.360. The number of carbonyl (C=O) groups is 1. The first-order chi connectivity index (χ1) is 16.0. The van der Waals surface area contributed by atoms with Gasteiger partial charge < -0.3 is 19.7 Å². The van der Waals surface area contributed by atoms with Crippen molar-refractivity contribution in [1.29, 1.82) is 0 Å². The number of hydrogen-bond donors (Lipinski definition) is 1. The molecule has 0 atom stereocenters. The summed E-state index contributed by atoms with van der Waals surface area (Å²) < 4.78 is 13.4. The lowest BCUT2D eigenvalue weighted by Gasteiger charge is -2.23. The van der Waals surface area contributed by atoms with Crippen LogP contribution in [0.15, 0.2) is 48.5 Å². The van der Waals surface area contributed by atoms with Crippen molar-refractivity contribution in [3.05, 3.63) is 64.8 Å². The molecule has 1 aliphatic rings. The van der Waals surface area contributed by atoms with Crippen molar-refractivity contribution in [2.75, 3.05) is 20.2 Å². The van der Waals surface area contributed by atoms with Crippen LogP contribution in [0.3, 0.4) is 0 Å². The second-order valence-corrected chi connectivity index (χ2v) is 8.63. The number of benzene rings is 2. The molecule has 2 aromatic carbocycles. The van der Waals surface area contributed by atoms with Gasteiger partial charge in [0, 0.05) is 18.1 Å². The molecule has 174 valence electrons. The van der Waals surface area contributed by atoms with E-state index in [0.29, 0.717) is 35.7 Å². The fourth-order valence-corrected chi connectivity index (χ4v) is 3.83. The molecule has 1 aromatic heterocycles. The minimum atomic E-state index is -0.0743. The molecule has 1 heterocycles. The molecule has 0 radical (unpaired) electrons. The highest BCUT2D eigenvalue weighted by atomic mass is 35.5. The maximum Gasteiger partial charge on any atom is 0.317 e. The number of urea groups is 1. The Morgan fingerprint density at radius 1 is 1.21 bits per heavy atom. The zero-order valence-electron chi connectivity index (χ0n) is 19.2. The molecule has 7 nitrogen and oxygen atoms in total. The van der Waals surface area contributed by atoms with Crippen LogP contribution in [0.25, 0.3) is 5.69 Å². The van der Waals surface area contributed by atoms with Crippen LogP contribution < -0.4 is 14.8 Å². The van der Waals surface area contributed by atoms with Gasteiger partial charge >= 0.3 is 6.03 Å². The van der Waals surface area contributed by atoms with E-state index >= 15 is 0 Å². The van der Waals surface area contributed by atoms with Gasteiger partial charge in [-0.05, 0) is 75.1 Å². The minimum absolute atomic E-state index is 0.0743. The number of hydrogen-bond acceptors (Lipinski definition) is 4. The second kappa shape index (κ2) is 10.2. The quantitative estimate of drug-likeness (QED) is 0.445. The van der Waals surface area contributed by atoms with Gasteiger partial charge in [0.2, 0.25) is 5.88 Å².